The number of rotatable bonds is 8. The van der Waals surface area contributed by atoms with Crippen molar-refractivity contribution >= 4 is 69.3 Å². The third kappa shape index (κ3) is 7.07. The third-order valence-corrected chi connectivity index (χ3v) is 7.33. The molecule has 0 spiro atoms. The first kappa shape index (κ1) is 26.6. The molecule has 13 nitrogen and oxygen atoms in total. The van der Waals surface area contributed by atoms with Crippen LogP contribution in [0.1, 0.15) is 25.9 Å². The zero-order valence-corrected chi connectivity index (χ0v) is 22.7. The molecule has 0 saturated carbocycles. The van der Waals surface area contributed by atoms with Gasteiger partial charge in [-0.25, -0.2) is 15.0 Å². The molecule has 1 unspecified atom stereocenters. The van der Waals surface area contributed by atoms with Gasteiger partial charge in [-0.1, -0.05) is 28.7 Å². The number of imidazole rings is 1. The second-order valence-electron chi connectivity index (χ2n) is 8.18. The van der Waals surface area contributed by atoms with Crippen molar-refractivity contribution in [3.63, 3.8) is 0 Å². The van der Waals surface area contributed by atoms with Gasteiger partial charge >= 0.3 is 11.8 Å². The minimum absolute atomic E-state index is 0.169. The van der Waals surface area contributed by atoms with Gasteiger partial charge in [-0.05, 0) is 18.7 Å². The van der Waals surface area contributed by atoms with Gasteiger partial charge in [0.2, 0.25) is 5.95 Å². The number of aromatic nitrogens is 4. The van der Waals surface area contributed by atoms with E-state index in [1.165, 1.54) is 23.7 Å². The first-order valence-corrected chi connectivity index (χ1v) is 13.5. The van der Waals surface area contributed by atoms with Crippen LogP contribution in [0.5, 0.6) is 0 Å². The maximum atomic E-state index is 13.0. The molecule has 1 atom stereocenters. The highest BCUT2D eigenvalue weighted by molar-refractivity contribution is 14.1. The first-order valence-electron chi connectivity index (χ1n) is 11.2. The maximum Gasteiger partial charge on any atom is 0.314 e. The zero-order chi connectivity index (χ0) is 26.4. The first-order chi connectivity index (χ1) is 17.8. The molecule has 3 aromatic rings. The fraction of sp³-hybridized carbons (Fsp3) is 0.318. The molecule has 1 aliphatic rings. The Hall–Kier alpha value is -3.44. The number of amides is 4. The lowest BCUT2D eigenvalue weighted by molar-refractivity contribution is -0.136. The topological polar surface area (TPSA) is 174 Å². The number of nitrogens with one attached hydrogen (secondary N) is 5. The highest BCUT2D eigenvalue weighted by Crippen LogP contribution is 2.24. The van der Waals surface area contributed by atoms with Gasteiger partial charge in [-0.2, -0.15) is 0 Å². The minimum Gasteiger partial charge on any atom is -0.345 e. The molecular weight excluding hydrogens is 613 g/mol. The summed E-state index contributed by atoms with van der Waals surface area (Å²) in [6, 6.07) is 2.16. The Morgan fingerprint density at radius 3 is 2.73 bits per heavy atom. The van der Waals surface area contributed by atoms with Gasteiger partial charge < -0.3 is 25.8 Å². The minimum atomic E-state index is -1.21. The maximum absolute atomic E-state index is 13.0. The van der Waals surface area contributed by atoms with E-state index in [-0.39, 0.29) is 23.3 Å². The van der Waals surface area contributed by atoms with E-state index < -0.39 is 29.7 Å². The number of carbonyl (C=O) groups excluding carboxylic acids is 4. The summed E-state index contributed by atoms with van der Waals surface area (Å²) in [6.07, 6.45) is 5.30. The lowest BCUT2D eigenvalue weighted by Gasteiger charge is -2.20. The standard InChI is InChI=1S/C22H24IN9O4S/c1-32-7-4-13-15(11-32)37-21(29-13)20(36)28-14(17(33)31-22-24-5-6-25-22)10-27-18(34)19(35)30-16-3-2-12(8-23)9-26-16/h2-3,5-6,9,14H,4,7-8,10-11H2,1H3,(H,27,34)(H,28,36)(H,26,30,35)(H2,24,25,31,33). The van der Waals surface area contributed by atoms with Crippen LogP contribution in [-0.4, -0.2) is 74.6 Å². The Morgan fingerprint density at radius 1 is 1.19 bits per heavy atom. The molecule has 0 radical (unpaired) electrons. The van der Waals surface area contributed by atoms with Crippen LogP contribution in [0.4, 0.5) is 11.8 Å². The Morgan fingerprint density at radius 2 is 2.03 bits per heavy atom. The van der Waals surface area contributed by atoms with E-state index in [1.54, 1.807) is 18.3 Å². The van der Waals surface area contributed by atoms with Gasteiger partial charge in [-0.15, -0.1) is 11.3 Å². The lowest BCUT2D eigenvalue weighted by Crippen LogP contribution is -2.52. The molecule has 5 N–H and O–H groups in total. The molecule has 4 amide bonds. The molecule has 4 heterocycles. The van der Waals surface area contributed by atoms with Crippen molar-refractivity contribution in [2.24, 2.45) is 0 Å². The van der Waals surface area contributed by atoms with E-state index in [4.69, 9.17) is 0 Å². The number of hydrogen-bond acceptors (Lipinski definition) is 9. The van der Waals surface area contributed by atoms with Crippen molar-refractivity contribution in [2.75, 3.05) is 30.8 Å². The van der Waals surface area contributed by atoms with Gasteiger partial charge in [0.1, 0.15) is 11.9 Å². The van der Waals surface area contributed by atoms with E-state index in [0.717, 1.165) is 33.5 Å². The summed E-state index contributed by atoms with van der Waals surface area (Å²) in [5.74, 6) is -2.75. The highest BCUT2D eigenvalue weighted by Gasteiger charge is 2.27. The van der Waals surface area contributed by atoms with Crippen LogP contribution in [0.15, 0.2) is 30.7 Å². The molecule has 0 bridgehead atoms. The second-order valence-corrected chi connectivity index (χ2v) is 10.0. The lowest BCUT2D eigenvalue weighted by atomic mass is 10.2. The summed E-state index contributed by atoms with van der Waals surface area (Å²) in [6.45, 7) is 1.20. The summed E-state index contributed by atoms with van der Waals surface area (Å²) in [4.78, 5) is 68.9. The molecular formula is C22H24IN9O4S. The molecule has 0 aromatic carbocycles. The predicted molar refractivity (Wildman–Crippen MR) is 144 cm³/mol. The van der Waals surface area contributed by atoms with Gasteiger partial charge in [0, 0.05) is 54.0 Å². The molecule has 0 fully saturated rings. The molecule has 3 aromatic heterocycles. The predicted octanol–water partition coefficient (Wildman–Crippen LogP) is 0.676. The van der Waals surface area contributed by atoms with Crippen molar-refractivity contribution in [3.8, 4) is 0 Å². The number of likely N-dealkylation sites (N-methyl/N-ethyl adjacent to an activating group) is 1. The fourth-order valence-electron chi connectivity index (χ4n) is 3.41. The largest absolute Gasteiger partial charge is 0.345 e. The molecule has 15 heteroatoms. The number of hydrogen-bond donors (Lipinski definition) is 5. The molecule has 1 aliphatic heterocycles. The number of pyridine rings is 1. The van der Waals surface area contributed by atoms with E-state index in [0.29, 0.717) is 6.54 Å². The average Bonchev–Trinajstić information content (AvgIpc) is 3.56. The molecule has 0 saturated heterocycles. The Balaban J connectivity index is 1.40. The number of H-pyrrole nitrogens is 1. The van der Waals surface area contributed by atoms with Crippen molar-refractivity contribution < 1.29 is 19.2 Å². The Kier molecular flexibility index (Phi) is 8.78. The van der Waals surface area contributed by atoms with Gasteiger partial charge in [0.15, 0.2) is 5.01 Å². The number of aromatic amines is 1. The van der Waals surface area contributed by atoms with Gasteiger partial charge in [-0.3, -0.25) is 24.5 Å². The van der Waals surface area contributed by atoms with E-state index >= 15 is 0 Å². The number of nitrogens with zero attached hydrogens (tertiary/aromatic N) is 4. The Bertz CT molecular complexity index is 1280. The number of thiazole rings is 1. The van der Waals surface area contributed by atoms with Crippen LogP contribution in [0, 0.1) is 0 Å². The quantitative estimate of drug-likeness (QED) is 0.136. The number of fused-ring (bicyclic) bond motifs is 1. The Labute approximate surface area is 229 Å². The number of carbonyl (C=O) groups is 4. The normalized spacial score (nSPS) is 13.8. The summed E-state index contributed by atoms with van der Waals surface area (Å²) in [5.41, 5.74) is 1.84. The average molecular weight is 637 g/mol. The van der Waals surface area contributed by atoms with Crippen LogP contribution in [-0.2, 0) is 31.8 Å². The van der Waals surface area contributed by atoms with Crippen molar-refractivity contribution in [1.29, 1.82) is 0 Å². The zero-order valence-electron chi connectivity index (χ0n) is 19.7. The highest BCUT2D eigenvalue weighted by atomic mass is 127. The number of alkyl halides is 1. The second kappa shape index (κ2) is 12.2. The number of anilines is 2. The van der Waals surface area contributed by atoms with Crippen molar-refractivity contribution in [3.05, 3.63) is 51.9 Å². The van der Waals surface area contributed by atoms with Crippen LogP contribution in [0.3, 0.4) is 0 Å². The van der Waals surface area contributed by atoms with Crippen LogP contribution in [0.2, 0.25) is 0 Å². The summed E-state index contributed by atoms with van der Waals surface area (Å²) >= 11 is 3.45. The molecule has 4 rings (SSSR count). The molecule has 37 heavy (non-hydrogen) atoms. The SMILES string of the molecule is CN1CCc2nc(C(=O)NC(CNC(=O)C(=O)Nc3ccc(CI)cn3)C(=O)Nc3ncc[nH]3)sc2C1. The van der Waals surface area contributed by atoms with Crippen LogP contribution in [0.25, 0.3) is 0 Å². The van der Waals surface area contributed by atoms with Crippen molar-refractivity contribution in [1.82, 2.24) is 35.5 Å². The van der Waals surface area contributed by atoms with E-state index in [9.17, 15) is 19.2 Å². The van der Waals surface area contributed by atoms with Gasteiger partial charge in [0.05, 0.1) is 5.69 Å². The van der Waals surface area contributed by atoms with Crippen LogP contribution < -0.4 is 21.3 Å². The monoisotopic (exact) mass is 637 g/mol. The summed E-state index contributed by atoms with van der Waals surface area (Å²) < 4.78 is 0.757. The summed E-state index contributed by atoms with van der Waals surface area (Å²) in [7, 11) is 1.99. The van der Waals surface area contributed by atoms with Crippen LogP contribution >= 0.6 is 33.9 Å². The third-order valence-electron chi connectivity index (χ3n) is 5.37. The van der Waals surface area contributed by atoms with Gasteiger partial charge in [0.25, 0.3) is 11.8 Å². The van der Waals surface area contributed by atoms with E-state index in [1.807, 2.05) is 7.05 Å². The molecule has 194 valence electrons. The summed E-state index contributed by atoms with van der Waals surface area (Å²) in [5, 5.41) is 10.1. The van der Waals surface area contributed by atoms with E-state index in [2.05, 4.69) is 68.7 Å². The van der Waals surface area contributed by atoms with Crippen molar-refractivity contribution in [2.45, 2.75) is 23.4 Å². The smallest absolute Gasteiger partial charge is 0.314 e. The molecule has 0 aliphatic carbocycles. The fourth-order valence-corrected chi connectivity index (χ4v) is 4.96. The number of halogens is 1.